The van der Waals surface area contributed by atoms with Gasteiger partial charge in [0.15, 0.2) is 0 Å². The molecule has 0 amide bonds. The molecule has 0 saturated heterocycles. The van der Waals surface area contributed by atoms with E-state index in [2.05, 4.69) is 5.32 Å². The van der Waals surface area contributed by atoms with Gasteiger partial charge in [-0.3, -0.25) is 10.1 Å². The Balaban J connectivity index is 2.56. The Hall–Kier alpha value is -1.55. The van der Waals surface area contributed by atoms with E-state index in [9.17, 15) is 10.1 Å². The summed E-state index contributed by atoms with van der Waals surface area (Å²) in [6, 6.07) is 7.25. The predicted octanol–water partition coefficient (Wildman–Crippen LogP) is 2.30. The van der Waals surface area contributed by atoms with Crippen LogP contribution in [0.1, 0.15) is 5.56 Å². The highest BCUT2D eigenvalue weighted by Crippen LogP contribution is 2.33. The number of nitrogens with one attached hydrogen (secondary N) is 1. The second kappa shape index (κ2) is 3.31. The monoisotopic (exact) mass is 210 g/mol. The maximum Gasteiger partial charge on any atom is 0.284 e. The van der Waals surface area contributed by atoms with Crippen molar-refractivity contribution in [3.63, 3.8) is 0 Å². The summed E-state index contributed by atoms with van der Waals surface area (Å²) in [4.78, 5) is 10.1. The maximum absolute atomic E-state index is 10.6. The van der Waals surface area contributed by atoms with E-state index in [1.54, 1.807) is 12.1 Å². The summed E-state index contributed by atoms with van der Waals surface area (Å²) < 4.78 is 0. The van der Waals surface area contributed by atoms with Crippen molar-refractivity contribution in [3.05, 3.63) is 45.6 Å². The van der Waals surface area contributed by atoms with Gasteiger partial charge in [0.05, 0.1) is 4.92 Å². The quantitative estimate of drug-likeness (QED) is 0.572. The lowest BCUT2D eigenvalue weighted by atomic mass is 10.1. The number of halogens is 1. The van der Waals surface area contributed by atoms with Crippen molar-refractivity contribution < 1.29 is 4.92 Å². The first-order valence-corrected chi connectivity index (χ1v) is 4.44. The summed E-state index contributed by atoms with van der Waals surface area (Å²) in [5, 5.41) is 13.8. The Bertz CT molecular complexity index is 429. The molecule has 1 aromatic rings. The fraction of sp³-hybridized carbons (Fsp3) is 0.111. The van der Waals surface area contributed by atoms with Crippen LogP contribution in [-0.4, -0.2) is 11.5 Å². The van der Waals surface area contributed by atoms with Crippen LogP contribution in [0.5, 0.6) is 0 Å². The number of anilines is 1. The van der Waals surface area contributed by atoms with Crippen LogP contribution >= 0.6 is 11.6 Å². The Morgan fingerprint density at radius 1 is 1.43 bits per heavy atom. The van der Waals surface area contributed by atoms with Gasteiger partial charge in [0.25, 0.3) is 5.70 Å². The van der Waals surface area contributed by atoms with Gasteiger partial charge in [-0.05, 0) is 6.07 Å². The molecule has 0 unspecified atom stereocenters. The highest BCUT2D eigenvalue weighted by atomic mass is 35.5. The lowest BCUT2D eigenvalue weighted by Crippen LogP contribution is -2.17. The molecule has 5 heteroatoms. The Morgan fingerprint density at radius 3 is 2.86 bits per heavy atom. The standard InChI is InChI=1S/C9H7ClN2O2/c10-9-6-3-1-2-4-7(6)11-5-8(9)12(13)14/h1-4,11H,5H2. The molecule has 0 fully saturated rings. The van der Waals surface area contributed by atoms with Crippen molar-refractivity contribution in [1.29, 1.82) is 0 Å². The molecule has 0 spiro atoms. The van der Waals surface area contributed by atoms with Crippen LogP contribution in [0.4, 0.5) is 5.69 Å². The number of hydrogen-bond donors (Lipinski definition) is 1. The van der Waals surface area contributed by atoms with Gasteiger partial charge in [-0.15, -0.1) is 0 Å². The molecular weight excluding hydrogens is 204 g/mol. The normalized spacial score (nSPS) is 14.6. The highest BCUT2D eigenvalue weighted by Gasteiger charge is 2.24. The molecule has 1 heterocycles. The van der Waals surface area contributed by atoms with Gasteiger partial charge in [-0.2, -0.15) is 0 Å². The Kier molecular flexibility index (Phi) is 2.13. The number of benzene rings is 1. The van der Waals surface area contributed by atoms with Gasteiger partial charge in [-0.25, -0.2) is 0 Å². The molecule has 1 aromatic carbocycles. The minimum atomic E-state index is -0.453. The lowest BCUT2D eigenvalue weighted by molar-refractivity contribution is -0.423. The summed E-state index contributed by atoms with van der Waals surface area (Å²) in [5.74, 6) is 0. The summed E-state index contributed by atoms with van der Waals surface area (Å²) in [7, 11) is 0. The van der Waals surface area contributed by atoms with Crippen molar-refractivity contribution in [1.82, 2.24) is 0 Å². The fourth-order valence-electron chi connectivity index (χ4n) is 1.39. The lowest BCUT2D eigenvalue weighted by Gasteiger charge is -2.15. The van der Waals surface area contributed by atoms with Gasteiger partial charge in [0.2, 0.25) is 0 Å². The summed E-state index contributed by atoms with van der Waals surface area (Å²) in [5.41, 5.74) is 1.54. The largest absolute Gasteiger partial charge is 0.374 e. The smallest absolute Gasteiger partial charge is 0.284 e. The molecular formula is C9H7ClN2O2. The molecule has 0 radical (unpaired) electrons. The van der Waals surface area contributed by atoms with Crippen LogP contribution in [0.3, 0.4) is 0 Å². The van der Waals surface area contributed by atoms with Gasteiger partial charge >= 0.3 is 0 Å². The molecule has 0 aromatic heterocycles. The van der Waals surface area contributed by atoms with Gasteiger partial charge in [0, 0.05) is 11.3 Å². The number of nitro groups is 1. The molecule has 4 nitrogen and oxygen atoms in total. The summed E-state index contributed by atoms with van der Waals surface area (Å²) >= 11 is 5.91. The van der Waals surface area contributed by atoms with Crippen molar-refractivity contribution in [2.75, 3.05) is 11.9 Å². The van der Waals surface area contributed by atoms with E-state index in [4.69, 9.17) is 11.6 Å². The van der Waals surface area contributed by atoms with E-state index in [0.717, 1.165) is 5.69 Å². The third kappa shape index (κ3) is 1.33. The van der Waals surface area contributed by atoms with E-state index in [0.29, 0.717) is 5.56 Å². The third-order valence-corrected chi connectivity index (χ3v) is 2.51. The predicted molar refractivity (Wildman–Crippen MR) is 54.7 cm³/mol. The second-order valence-electron chi connectivity index (χ2n) is 2.92. The highest BCUT2D eigenvalue weighted by molar-refractivity contribution is 6.49. The maximum atomic E-state index is 10.6. The van der Waals surface area contributed by atoms with Crippen molar-refractivity contribution >= 4 is 22.3 Å². The third-order valence-electron chi connectivity index (χ3n) is 2.08. The SMILES string of the molecule is O=[N+]([O-])C1=C(Cl)c2ccccc2NC1. The van der Waals surface area contributed by atoms with Crippen molar-refractivity contribution in [2.45, 2.75) is 0 Å². The van der Waals surface area contributed by atoms with E-state index in [1.807, 2.05) is 12.1 Å². The van der Waals surface area contributed by atoms with E-state index in [-0.39, 0.29) is 17.3 Å². The summed E-state index contributed by atoms with van der Waals surface area (Å²) in [6.45, 7) is 0.169. The fourth-order valence-corrected chi connectivity index (χ4v) is 1.69. The molecule has 1 aliphatic heterocycles. The topological polar surface area (TPSA) is 55.2 Å². The van der Waals surface area contributed by atoms with Crippen molar-refractivity contribution in [2.24, 2.45) is 0 Å². The van der Waals surface area contributed by atoms with Crippen LogP contribution in [0.2, 0.25) is 0 Å². The van der Waals surface area contributed by atoms with Gasteiger partial charge < -0.3 is 5.32 Å². The molecule has 0 atom stereocenters. The van der Waals surface area contributed by atoms with Crippen LogP contribution in [-0.2, 0) is 0 Å². The first-order valence-electron chi connectivity index (χ1n) is 4.06. The van der Waals surface area contributed by atoms with E-state index < -0.39 is 4.92 Å². The Morgan fingerprint density at radius 2 is 2.14 bits per heavy atom. The minimum Gasteiger partial charge on any atom is -0.374 e. The number of hydrogen-bond acceptors (Lipinski definition) is 3. The number of para-hydroxylation sites is 1. The van der Waals surface area contributed by atoms with Crippen LogP contribution in [0.15, 0.2) is 30.0 Å². The Labute approximate surface area is 85.3 Å². The first-order chi connectivity index (χ1) is 6.70. The zero-order valence-corrected chi connectivity index (χ0v) is 7.91. The van der Waals surface area contributed by atoms with E-state index >= 15 is 0 Å². The van der Waals surface area contributed by atoms with E-state index in [1.165, 1.54) is 0 Å². The molecule has 1 N–H and O–H groups in total. The molecule has 0 aliphatic carbocycles. The zero-order valence-electron chi connectivity index (χ0n) is 7.16. The van der Waals surface area contributed by atoms with Crippen LogP contribution in [0.25, 0.3) is 5.03 Å². The molecule has 1 aliphatic rings. The van der Waals surface area contributed by atoms with Gasteiger partial charge in [0.1, 0.15) is 11.6 Å². The zero-order chi connectivity index (χ0) is 10.1. The van der Waals surface area contributed by atoms with Crippen molar-refractivity contribution in [3.8, 4) is 0 Å². The molecule has 14 heavy (non-hydrogen) atoms. The average molecular weight is 211 g/mol. The minimum absolute atomic E-state index is 0.0189. The number of fused-ring (bicyclic) bond motifs is 1. The van der Waals surface area contributed by atoms with Crippen LogP contribution in [0, 0.1) is 10.1 Å². The van der Waals surface area contributed by atoms with Crippen LogP contribution < -0.4 is 5.32 Å². The summed E-state index contributed by atoms with van der Waals surface area (Å²) in [6.07, 6.45) is 0. The average Bonchev–Trinajstić information content (AvgIpc) is 2.18. The number of nitrogens with zero attached hydrogens (tertiary/aromatic N) is 1. The molecule has 2 rings (SSSR count). The molecule has 0 saturated carbocycles. The van der Waals surface area contributed by atoms with Gasteiger partial charge in [-0.1, -0.05) is 29.8 Å². The first kappa shape index (κ1) is 9.02. The molecule has 72 valence electrons. The molecule has 0 bridgehead atoms. The second-order valence-corrected chi connectivity index (χ2v) is 3.29. The number of rotatable bonds is 1.